The Morgan fingerprint density at radius 2 is 1.25 bits per heavy atom. The molecule has 6 nitrogen and oxygen atoms in total. The van der Waals surface area contributed by atoms with E-state index < -0.39 is 0 Å². The van der Waals surface area contributed by atoms with Crippen molar-refractivity contribution in [1.82, 2.24) is 0 Å². The summed E-state index contributed by atoms with van der Waals surface area (Å²) in [5, 5.41) is 0. The molecule has 3 aliphatic carbocycles. The summed E-state index contributed by atoms with van der Waals surface area (Å²) in [7, 11) is 13.3. The SMILES string of the molecule is CCCCCCC1C=C[C@@]2(CCCCCCC2COOCC[N+](C)(C)C)C(/C=C2/CCCCCCC2COOCC[N+](C)(C)C)C1CCCCCC. The van der Waals surface area contributed by atoms with Crippen molar-refractivity contribution >= 4 is 0 Å². The number of hydrogen-bond donors (Lipinski definition) is 0. The van der Waals surface area contributed by atoms with E-state index in [9.17, 15) is 0 Å². The van der Waals surface area contributed by atoms with Crippen LogP contribution in [0, 0.1) is 35.0 Å². The topological polar surface area (TPSA) is 36.9 Å². The van der Waals surface area contributed by atoms with Crippen LogP contribution in [0.2, 0.25) is 0 Å². The third-order valence-corrected chi connectivity index (χ3v) is 12.8. The monoisotopic (exact) mass is 733 g/mol. The molecule has 6 atom stereocenters. The van der Waals surface area contributed by atoms with Crippen molar-refractivity contribution in [3.05, 3.63) is 23.8 Å². The maximum atomic E-state index is 6.25. The van der Waals surface area contributed by atoms with Crippen molar-refractivity contribution in [3.63, 3.8) is 0 Å². The first-order valence-corrected chi connectivity index (χ1v) is 22.5. The molecular formula is C46H88N2O4+2. The van der Waals surface area contributed by atoms with Crippen LogP contribution >= 0.6 is 0 Å². The van der Waals surface area contributed by atoms with Crippen LogP contribution in [-0.2, 0) is 19.6 Å². The maximum Gasteiger partial charge on any atom is 0.131 e. The lowest BCUT2D eigenvalue weighted by Gasteiger charge is -2.52. The molecule has 0 bridgehead atoms. The molecule has 0 aromatic heterocycles. The summed E-state index contributed by atoms with van der Waals surface area (Å²) >= 11 is 0. The summed E-state index contributed by atoms with van der Waals surface area (Å²) in [5.41, 5.74) is 1.79. The van der Waals surface area contributed by atoms with E-state index in [2.05, 4.69) is 74.4 Å². The van der Waals surface area contributed by atoms with Gasteiger partial charge in [-0.1, -0.05) is 134 Å². The highest BCUT2D eigenvalue weighted by Crippen LogP contribution is 2.56. The molecule has 304 valence electrons. The molecular weight excluding hydrogens is 645 g/mol. The Kier molecular flexibility index (Phi) is 21.7. The predicted octanol–water partition coefficient (Wildman–Crippen LogP) is 11.5. The van der Waals surface area contributed by atoms with Crippen molar-refractivity contribution in [2.75, 3.05) is 81.8 Å². The van der Waals surface area contributed by atoms with E-state index >= 15 is 0 Å². The molecule has 0 aliphatic heterocycles. The lowest BCUT2D eigenvalue weighted by Crippen LogP contribution is -2.46. The van der Waals surface area contributed by atoms with Gasteiger partial charge in [0, 0.05) is 5.92 Å². The second-order valence-corrected chi connectivity index (χ2v) is 19.3. The van der Waals surface area contributed by atoms with Gasteiger partial charge in [0.25, 0.3) is 0 Å². The molecule has 1 spiro atoms. The predicted molar refractivity (Wildman–Crippen MR) is 220 cm³/mol. The molecule has 0 N–H and O–H groups in total. The van der Waals surface area contributed by atoms with Gasteiger partial charge in [0.05, 0.1) is 55.5 Å². The summed E-state index contributed by atoms with van der Waals surface area (Å²) in [6.45, 7) is 9.28. The smallest absolute Gasteiger partial charge is 0.131 e. The average Bonchev–Trinajstić information content (AvgIpc) is 3.06. The number of likely N-dealkylation sites (N-methyl/N-ethyl adjacent to an activating group) is 2. The van der Waals surface area contributed by atoms with Crippen molar-refractivity contribution in [1.29, 1.82) is 0 Å². The zero-order valence-corrected chi connectivity index (χ0v) is 35.9. The Balaban J connectivity index is 2.02. The van der Waals surface area contributed by atoms with Crippen LogP contribution in [0.1, 0.15) is 155 Å². The van der Waals surface area contributed by atoms with Gasteiger partial charge in [-0.05, 0) is 74.0 Å². The molecule has 2 fully saturated rings. The lowest BCUT2D eigenvalue weighted by atomic mass is 9.52. The Bertz CT molecular complexity index is 984. The highest BCUT2D eigenvalue weighted by atomic mass is 17.2. The zero-order valence-electron chi connectivity index (χ0n) is 35.9. The summed E-state index contributed by atoms with van der Waals surface area (Å²) < 4.78 is 1.78. The molecule has 3 rings (SSSR count). The fourth-order valence-electron chi connectivity index (χ4n) is 9.47. The summed E-state index contributed by atoms with van der Waals surface area (Å²) in [5.74, 6) is 2.80. The second kappa shape index (κ2) is 24.7. The molecule has 0 radical (unpaired) electrons. The Labute approximate surface area is 323 Å². The number of rotatable bonds is 23. The normalized spacial score (nSPS) is 28.8. The highest BCUT2D eigenvalue weighted by molar-refractivity contribution is 5.23. The van der Waals surface area contributed by atoms with Gasteiger partial charge in [0.1, 0.15) is 26.3 Å². The molecule has 52 heavy (non-hydrogen) atoms. The fourth-order valence-corrected chi connectivity index (χ4v) is 9.47. The van der Waals surface area contributed by atoms with Crippen molar-refractivity contribution in [2.24, 2.45) is 35.0 Å². The molecule has 6 heteroatoms. The van der Waals surface area contributed by atoms with E-state index in [-0.39, 0.29) is 5.41 Å². The number of quaternary nitrogens is 2. The van der Waals surface area contributed by atoms with Gasteiger partial charge >= 0.3 is 0 Å². The third-order valence-electron chi connectivity index (χ3n) is 12.8. The molecule has 0 heterocycles. The first-order chi connectivity index (χ1) is 25.0. The van der Waals surface area contributed by atoms with Gasteiger partial charge in [-0.15, -0.1) is 0 Å². The van der Waals surface area contributed by atoms with E-state index in [0.29, 0.717) is 56.0 Å². The minimum absolute atomic E-state index is 0.112. The Hall–Kier alpha value is -0.760. The van der Waals surface area contributed by atoms with Gasteiger partial charge < -0.3 is 8.97 Å². The van der Waals surface area contributed by atoms with Gasteiger partial charge in [0.15, 0.2) is 0 Å². The molecule has 3 aliphatic rings. The average molecular weight is 733 g/mol. The van der Waals surface area contributed by atoms with Crippen LogP contribution in [-0.4, -0.2) is 90.8 Å². The van der Waals surface area contributed by atoms with Crippen molar-refractivity contribution < 1.29 is 28.5 Å². The zero-order chi connectivity index (χ0) is 37.7. The van der Waals surface area contributed by atoms with Gasteiger partial charge in [-0.2, -0.15) is 0 Å². The van der Waals surface area contributed by atoms with Crippen LogP contribution in [0.25, 0.3) is 0 Å². The van der Waals surface area contributed by atoms with Gasteiger partial charge in [-0.3, -0.25) is 0 Å². The molecule has 0 saturated heterocycles. The van der Waals surface area contributed by atoms with E-state index in [1.54, 1.807) is 5.57 Å². The molecule has 0 aromatic carbocycles. The first kappa shape index (κ1) is 45.6. The minimum atomic E-state index is 0.112. The van der Waals surface area contributed by atoms with E-state index in [1.807, 2.05) is 0 Å². The molecule has 0 amide bonds. The van der Waals surface area contributed by atoms with E-state index in [0.717, 1.165) is 22.1 Å². The quantitative estimate of drug-likeness (QED) is 0.0345. The molecule has 2 saturated carbocycles. The molecule has 5 unspecified atom stereocenters. The summed E-state index contributed by atoms with van der Waals surface area (Å²) in [4.78, 5) is 24.2. The fraction of sp³-hybridized carbons (Fsp3) is 0.913. The minimum Gasteiger partial charge on any atom is -0.329 e. The van der Waals surface area contributed by atoms with Crippen LogP contribution in [0.5, 0.6) is 0 Å². The second-order valence-electron chi connectivity index (χ2n) is 19.3. The third kappa shape index (κ3) is 16.9. The molecule has 0 aromatic rings. The Morgan fingerprint density at radius 3 is 1.90 bits per heavy atom. The number of hydrogen-bond acceptors (Lipinski definition) is 4. The Morgan fingerprint density at radius 1 is 0.654 bits per heavy atom. The maximum absolute atomic E-state index is 6.25. The lowest BCUT2D eigenvalue weighted by molar-refractivity contribution is -0.871. The van der Waals surface area contributed by atoms with Crippen LogP contribution < -0.4 is 0 Å². The van der Waals surface area contributed by atoms with Crippen LogP contribution in [0.4, 0.5) is 0 Å². The van der Waals surface area contributed by atoms with Crippen molar-refractivity contribution in [2.45, 2.75) is 155 Å². The first-order valence-electron chi connectivity index (χ1n) is 22.5. The van der Waals surface area contributed by atoms with Crippen LogP contribution in [0.15, 0.2) is 23.8 Å². The number of unbranched alkanes of at least 4 members (excludes halogenated alkanes) is 6. The van der Waals surface area contributed by atoms with Gasteiger partial charge in [-0.25, -0.2) is 19.6 Å². The summed E-state index contributed by atoms with van der Waals surface area (Å²) in [6.07, 6.45) is 37.4. The summed E-state index contributed by atoms with van der Waals surface area (Å²) in [6, 6.07) is 0. The van der Waals surface area contributed by atoms with E-state index in [4.69, 9.17) is 19.6 Å². The number of allylic oxidation sites excluding steroid dienone is 3. The standard InChI is InChI=1S/C46H88N2O4/c1-9-11-13-19-25-40-30-32-46(31-24-18-17-22-28-43(46)39-52-50-36-34-48(6,7)8)45(44(40)29-23-14-12-10-2)37-41-26-20-15-16-21-27-42(41)38-51-49-35-33-47(3,4)5/h30,32,37,40,42-45H,9-29,31,33-36,38-39H2,1-8H3/q+2/b41-37-/t40?,42?,43?,44?,45?,46-/m1/s1. The van der Waals surface area contributed by atoms with Gasteiger partial charge in [0.2, 0.25) is 0 Å². The largest absolute Gasteiger partial charge is 0.329 e. The highest BCUT2D eigenvalue weighted by Gasteiger charge is 2.49. The number of nitrogens with zero attached hydrogens (tertiary/aromatic N) is 2. The van der Waals surface area contributed by atoms with Crippen molar-refractivity contribution in [3.8, 4) is 0 Å². The van der Waals surface area contributed by atoms with E-state index in [1.165, 1.54) is 141 Å². The van der Waals surface area contributed by atoms with Crippen LogP contribution in [0.3, 0.4) is 0 Å².